The van der Waals surface area contributed by atoms with Crippen LogP contribution >= 0.6 is 11.6 Å². The lowest BCUT2D eigenvalue weighted by Crippen LogP contribution is -2.26. The van der Waals surface area contributed by atoms with Crippen LogP contribution in [0.4, 0.5) is 10.1 Å². The molecule has 0 saturated carbocycles. The van der Waals surface area contributed by atoms with Crippen LogP contribution in [0.15, 0.2) is 66.7 Å². The summed E-state index contributed by atoms with van der Waals surface area (Å²) < 4.78 is 15.2. The smallest absolute Gasteiger partial charge is 0.255 e. The van der Waals surface area contributed by atoms with E-state index < -0.39 is 5.82 Å². The van der Waals surface area contributed by atoms with Crippen LogP contribution in [-0.2, 0) is 13.5 Å². The number of carbonyl (C=O) groups excluding carboxylic acids is 2. The molecule has 4 aromatic rings. The lowest BCUT2D eigenvalue weighted by atomic mass is 10.2. The van der Waals surface area contributed by atoms with Gasteiger partial charge in [0.15, 0.2) is 0 Å². The maximum atomic E-state index is 13.3. The summed E-state index contributed by atoms with van der Waals surface area (Å²) in [4.78, 5) is 29.2. The quantitative estimate of drug-likeness (QED) is 0.451. The van der Waals surface area contributed by atoms with Crippen molar-refractivity contribution in [1.82, 2.24) is 14.9 Å². The number of aryl methyl sites for hydroxylation is 1. The number of benzene rings is 3. The van der Waals surface area contributed by atoms with E-state index in [4.69, 9.17) is 11.6 Å². The van der Waals surface area contributed by atoms with Crippen LogP contribution in [0, 0.1) is 5.82 Å². The number of hydrogen-bond donors (Lipinski definition) is 2. The summed E-state index contributed by atoms with van der Waals surface area (Å²) in [5.74, 6) is -0.250. The van der Waals surface area contributed by atoms with Crippen molar-refractivity contribution in [3.63, 3.8) is 0 Å². The predicted molar refractivity (Wildman–Crippen MR) is 123 cm³/mol. The van der Waals surface area contributed by atoms with Crippen LogP contribution in [0.2, 0.25) is 5.02 Å². The minimum absolute atomic E-state index is 0.239. The molecule has 0 spiro atoms. The Balaban J connectivity index is 1.42. The Labute approximate surface area is 189 Å². The molecule has 0 atom stereocenters. The number of anilines is 1. The normalized spacial score (nSPS) is 10.8. The van der Waals surface area contributed by atoms with E-state index in [9.17, 15) is 14.0 Å². The van der Waals surface area contributed by atoms with Crippen LogP contribution in [0.25, 0.3) is 11.0 Å². The average Bonchev–Trinajstić information content (AvgIpc) is 3.09. The van der Waals surface area contributed by atoms with Gasteiger partial charge in [0.05, 0.1) is 11.0 Å². The van der Waals surface area contributed by atoms with Gasteiger partial charge in [0, 0.05) is 41.9 Å². The number of nitrogens with zero attached hydrogens (tertiary/aromatic N) is 2. The summed E-state index contributed by atoms with van der Waals surface area (Å²) in [6.45, 7) is 0.354. The predicted octanol–water partition coefficient (Wildman–Crippen LogP) is 4.59. The lowest BCUT2D eigenvalue weighted by molar-refractivity contribution is 0.0952. The van der Waals surface area contributed by atoms with Gasteiger partial charge in [0.25, 0.3) is 11.8 Å². The second-order valence-electron chi connectivity index (χ2n) is 7.27. The zero-order valence-electron chi connectivity index (χ0n) is 17.2. The molecule has 2 amide bonds. The van der Waals surface area contributed by atoms with Gasteiger partial charge < -0.3 is 15.2 Å². The largest absolute Gasteiger partial charge is 0.352 e. The molecule has 3 aromatic carbocycles. The maximum absolute atomic E-state index is 13.3. The van der Waals surface area contributed by atoms with Crippen LogP contribution in [0.3, 0.4) is 0 Å². The third-order valence-electron chi connectivity index (χ3n) is 5.06. The highest BCUT2D eigenvalue weighted by Crippen LogP contribution is 2.21. The first kappa shape index (κ1) is 21.5. The van der Waals surface area contributed by atoms with Crippen molar-refractivity contribution < 1.29 is 14.0 Å². The monoisotopic (exact) mass is 450 g/mol. The molecule has 0 saturated heterocycles. The third kappa shape index (κ3) is 4.78. The number of imidazole rings is 1. The highest BCUT2D eigenvalue weighted by Gasteiger charge is 2.12. The van der Waals surface area contributed by atoms with Crippen molar-refractivity contribution >= 4 is 40.1 Å². The maximum Gasteiger partial charge on any atom is 0.255 e. The summed E-state index contributed by atoms with van der Waals surface area (Å²) >= 11 is 5.87. The Morgan fingerprint density at radius 3 is 2.53 bits per heavy atom. The Kier molecular flexibility index (Phi) is 6.18. The number of carbonyl (C=O) groups is 2. The van der Waals surface area contributed by atoms with Gasteiger partial charge in [-0.3, -0.25) is 9.59 Å². The summed E-state index contributed by atoms with van der Waals surface area (Å²) in [5, 5.41) is 6.21. The van der Waals surface area contributed by atoms with E-state index in [1.54, 1.807) is 36.4 Å². The van der Waals surface area contributed by atoms with Gasteiger partial charge in [-0.25, -0.2) is 9.37 Å². The fourth-order valence-corrected chi connectivity index (χ4v) is 3.50. The molecular weight excluding hydrogens is 431 g/mol. The molecule has 162 valence electrons. The Bertz CT molecular complexity index is 1300. The molecule has 6 nitrogen and oxygen atoms in total. The number of fused-ring (bicyclic) bond motifs is 1. The molecule has 1 heterocycles. The van der Waals surface area contributed by atoms with E-state index >= 15 is 0 Å². The third-order valence-corrected chi connectivity index (χ3v) is 5.31. The molecule has 8 heteroatoms. The van der Waals surface area contributed by atoms with Gasteiger partial charge in [-0.1, -0.05) is 17.7 Å². The van der Waals surface area contributed by atoms with E-state index in [2.05, 4.69) is 15.6 Å². The molecule has 0 aliphatic carbocycles. The molecule has 0 aliphatic heterocycles. The Hall–Kier alpha value is -3.71. The van der Waals surface area contributed by atoms with Crippen molar-refractivity contribution in [2.75, 3.05) is 11.9 Å². The van der Waals surface area contributed by atoms with Gasteiger partial charge in [-0.2, -0.15) is 0 Å². The molecule has 0 unspecified atom stereocenters. The van der Waals surface area contributed by atoms with Crippen LogP contribution < -0.4 is 10.6 Å². The molecule has 2 N–H and O–H groups in total. The first-order valence-corrected chi connectivity index (χ1v) is 10.3. The van der Waals surface area contributed by atoms with Crippen LogP contribution in [0.1, 0.15) is 26.5 Å². The Morgan fingerprint density at radius 1 is 1.00 bits per heavy atom. The fourth-order valence-electron chi connectivity index (χ4n) is 3.38. The number of amides is 2. The van der Waals surface area contributed by atoms with Gasteiger partial charge in [-0.05, 0) is 60.7 Å². The van der Waals surface area contributed by atoms with Crippen molar-refractivity contribution in [3.05, 3.63) is 94.5 Å². The lowest BCUT2D eigenvalue weighted by Gasteiger charge is -2.06. The SMILES string of the molecule is Cn1c(CCNC(=O)c2cccc(F)c2)nc2cc(NC(=O)c3ccc(Cl)cc3)ccc21. The molecule has 1 aromatic heterocycles. The van der Waals surface area contributed by atoms with Crippen LogP contribution in [-0.4, -0.2) is 27.9 Å². The number of hydrogen-bond acceptors (Lipinski definition) is 3. The average molecular weight is 451 g/mol. The standard InChI is InChI=1S/C24H20ClFN4O2/c1-30-21-10-9-19(28-24(32)15-5-7-17(25)8-6-15)14-20(21)29-22(30)11-12-27-23(31)16-3-2-4-18(26)13-16/h2-10,13-14H,11-12H2,1H3,(H,27,31)(H,28,32). The van der Waals surface area contributed by atoms with Crippen molar-refractivity contribution in [2.45, 2.75) is 6.42 Å². The number of halogens is 2. The topological polar surface area (TPSA) is 76.0 Å². The minimum Gasteiger partial charge on any atom is -0.352 e. The minimum atomic E-state index is -0.452. The van der Waals surface area contributed by atoms with E-state index in [-0.39, 0.29) is 17.4 Å². The summed E-state index contributed by atoms with van der Waals surface area (Å²) in [5.41, 5.74) is 3.04. The van der Waals surface area contributed by atoms with E-state index in [0.717, 1.165) is 16.9 Å². The van der Waals surface area contributed by atoms with Gasteiger partial charge >= 0.3 is 0 Å². The zero-order valence-corrected chi connectivity index (χ0v) is 18.0. The zero-order chi connectivity index (χ0) is 22.7. The summed E-state index contributed by atoms with van der Waals surface area (Å²) in [6.07, 6.45) is 0.499. The fraction of sp³-hybridized carbons (Fsp3) is 0.125. The number of aromatic nitrogens is 2. The molecular formula is C24H20ClFN4O2. The van der Waals surface area contributed by atoms with Crippen molar-refractivity contribution in [1.29, 1.82) is 0 Å². The van der Waals surface area contributed by atoms with Gasteiger partial charge in [0.1, 0.15) is 11.6 Å². The van der Waals surface area contributed by atoms with Gasteiger partial charge in [0.2, 0.25) is 0 Å². The Morgan fingerprint density at radius 2 is 1.78 bits per heavy atom. The van der Waals surface area contributed by atoms with Crippen LogP contribution in [0.5, 0.6) is 0 Å². The second-order valence-corrected chi connectivity index (χ2v) is 7.70. The van der Waals surface area contributed by atoms with E-state index in [0.29, 0.717) is 29.2 Å². The molecule has 32 heavy (non-hydrogen) atoms. The second kappa shape index (κ2) is 9.20. The number of rotatable bonds is 6. The molecule has 0 bridgehead atoms. The molecule has 0 aliphatic rings. The first-order chi connectivity index (χ1) is 15.4. The van der Waals surface area contributed by atoms with E-state index in [1.807, 2.05) is 23.7 Å². The van der Waals surface area contributed by atoms with E-state index in [1.165, 1.54) is 18.2 Å². The van der Waals surface area contributed by atoms with Gasteiger partial charge in [-0.15, -0.1) is 0 Å². The molecule has 0 fully saturated rings. The molecule has 4 rings (SSSR count). The number of nitrogens with one attached hydrogen (secondary N) is 2. The summed E-state index contributed by atoms with van der Waals surface area (Å²) in [7, 11) is 1.89. The highest BCUT2D eigenvalue weighted by atomic mass is 35.5. The molecule has 0 radical (unpaired) electrons. The highest BCUT2D eigenvalue weighted by molar-refractivity contribution is 6.30. The van der Waals surface area contributed by atoms with Crippen molar-refractivity contribution in [2.24, 2.45) is 7.05 Å². The first-order valence-electron chi connectivity index (χ1n) is 9.97. The van der Waals surface area contributed by atoms with Crippen molar-refractivity contribution in [3.8, 4) is 0 Å². The summed E-state index contributed by atoms with van der Waals surface area (Å²) in [6, 6.07) is 17.7.